The second-order valence-electron chi connectivity index (χ2n) is 3.58. The van der Waals surface area contributed by atoms with Crippen LogP contribution in [0.5, 0.6) is 0 Å². The topological polar surface area (TPSA) is 115 Å². The molecule has 0 radical (unpaired) electrons. The van der Waals surface area contributed by atoms with Crippen LogP contribution in [0.25, 0.3) is 0 Å². The van der Waals surface area contributed by atoms with Gasteiger partial charge in [-0.2, -0.15) is 0 Å². The lowest BCUT2D eigenvalue weighted by molar-refractivity contribution is -0.385. The second-order valence-corrected chi connectivity index (χ2v) is 5.94. The Morgan fingerprint density at radius 1 is 1.44 bits per heavy atom. The Labute approximate surface area is 103 Å². The van der Waals surface area contributed by atoms with Crippen molar-refractivity contribution in [3.05, 3.63) is 39.4 Å². The van der Waals surface area contributed by atoms with Gasteiger partial charge in [0, 0.05) is 17.4 Å². The van der Waals surface area contributed by atoms with Crippen molar-refractivity contribution in [1.29, 1.82) is 0 Å². The highest BCUT2D eigenvalue weighted by Gasteiger charge is 2.21. The lowest BCUT2D eigenvalue weighted by Crippen LogP contribution is -2.09. The standard InChI is InChI=1S/C10H11NO6S/c1-2-18(16,17)6-8-5-7(10(12)13)3-4-9(8)11(14)15/h3-5H,2,6H2,1H3,(H,12,13). The smallest absolute Gasteiger partial charge is 0.335 e. The summed E-state index contributed by atoms with van der Waals surface area (Å²) in [5.74, 6) is -1.97. The fraction of sp³-hybridized carbons (Fsp3) is 0.300. The van der Waals surface area contributed by atoms with Crippen molar-refractivity contribution >= 4 is 21.5 Å². The van der Waals surface area contributed by atoms with Gasteiger partial charge in [-0.15, -0.1) is 0 Å². The van der Waals surface area contributed by atoms with Crippen LogP contribution in [0.1, 0.15) is 22.8 Å². The highest BCUT2D eigenvalue weighted by Crippen LogP contribution is 2.22. The first-order valence-electron chi connectivity index (χ1n) is 4.98. The number of hydrogen-bond acceptors (Lipinski definition) is 5. The molecule has 1 aromatic carbocycles. The molecule has 0 aliphatic carbocycles. The van der Waals surface area contributed by atoms with Crippen LogP contribution in [0.15, 0.2) is 18.2 Å². The molecule has 0 bridgehead atoms. The highest BCUT2D eigenvalue weighted by molar-refractivity contribution is 7.90. The van der Waals surface area contributed by atoms with E-state index >= 15 is 0 Å². The van der Waals surface area contributed by atoms with Gasteiger partial charge in [0.1, 0.15) is 0 Å². The van der Waals surface area contributed by atoms with Crippen molar-refractivity contribution in [3.63, 3.8) is 0 Å². The number of hydrogen-bond donors (Lipinski definition) is 1. The van der Waals surface area contributed by atoms with E-state index in [1.807, 2.05) is 0 Å². The van der Waals surface area contributed by atoms with E-state index in [-0.39, 0.29) is 16.9 Å². The number of carbonyl (C=O) groups is 1. The van der Waals surface area contributed by atoms with E-state index in [1.54, 1.807) is 0 Å². The average molecular weight is 273 g/mol. The van der Waals surface area contributed by atoms with Gasteiger partial charge in [-0.3, -0.25) is 10.1 Å². The minimum Gasteiger partial charge on any atom is -0.478 e. The molecule has 18 heavy (non-hydrogen) atoms. The molecule has 0 fully saturated rings. The van der Waals surface area contributed by atoms with E-state index in [9.17, 15) is 23.3 Å². The molecular weight excluding hydrogens is 262 g/mol. The molecule has 0 saturated carbocycles. The fourth-order valence-electron chi connectivity index (χ4n) is 1.35. The fourth-order valence-corrected chi connectivity index (χ4v) is 2.26. The third-order valence-corrected chi connectivity index (χ3v) is 3.97. The summed E-state index contributed by atoms with van der Waals surface area (Å²) in [7, 11) is -3.47. The van der Waals surface area contributed by atoms with Gasteiger partial charge in [0.25, 0.3) is 5.69 Å². The Bertz CT molecular complexity index is 592. The minimum atomic E-state index is -3.47. The summed E-state index contributed by atoms with van der Waals surface area (Å²) in [5, 5.41) is 19.5. The van der Waals surface area contributed by atoms with Crippen LogP contribution in [-0.4, -0.2) is 30.2 Å². The van der Waals surface area contributed by atoms with Crippen LogP contribution in [0.2, 0.25) is 0 Å². The quantitative estimate of drug-likeness (QED) is 0.637. The lowest BCUT2D eigenvalue weighted by Gasteiger charge is -2.04. The average Bonchev–Trinajstić information content (AvgIpc) is 2.28. The number of benzene rings is 1. The van der Waals surface area contributed by atoms with Crippen molar-refractivity contribution < 1.29 is 23.2 Å². The van der Waals surface area contributed by atoms with Crippen molar-refractivity contribution in [1.82, 2.24) is 0 Å². The van der Waals surface area contributed by atoms with Gasteiger partial charge in [-0.1, -0.05) is 6.92 Å². The summed E-state index contributed by atoms with van der Waals surface area (Å²) < 4.78 is 22.9. The van der Waals surface area contributed by atoms with Gasteiger partial charge in [-0.05, 0) is 12.1 Å². The molecule has 7 nitrogen and oxygen atoms in total. The van der Waals surface area contributed by atoms with E-state index in [0.717, 1.165) is 18.2 Å². The van der Waals surface area contributed by atoms with Crippen LogP contribution in [0.3, 0.4) is 0 Å². The number of nitro groups is 1. The molecule has 0 spiro atoms. The van der Waals surface area contributed by atoms with Gasteiger partial charge in [0.05, 0.1) is 16.2 Å². The number of nitrogens with zero attached hydrogens (tertiary/aromatic N) is 1. The normalized spacial score (nSPS) is 11.2. The first-order chi connectivity index (χ1) is 8.26. The largest absolute Gasteiger partial charge is 0.478 e. The van der Waals surface area contributed by atoms with Crippen molar-refractivity contribution in [2.75, 3.05) is 5.75 Å². The van der Waals surface area contributed by atoms with Crippen LogP contribution < -0.4 is 0 Å². The summed E-state index contributed by atoms with van der Waals surface area (Å²) >= 11 is 0. The van der Waals surface area contributed by atoms with Crippen LogP contribution in [0.4, 0.5) is 5.69 Å². The number of rotatable bonds is 5. The molecule has 98 valence electrons. The molecule has 0 aliphatic heterocycles. The maximum atomic E-state index is 11.5. The number of aromatic carboxylic acids is 1. The van der Waals surface area contributed by atoms with Crippen LogP contribution in [-0.2, 0) is 15.6 Å². The molecule has 0 saturated heterocycles. The number of carboxylic acids is 1. The summed E-state index contributed by atoms with van der Waals surface area (Å²) in [4.78, 5) is 20.8. The minimum absolute atomic E-state index is 0.109. The highest BCUT2D eigenvalue weighted by atomic mass is 32.2. The maximum Gasteiger partial charge on any atom is 0.335 e. The Kier molecular flexibility index (Phi) is 4.02. The molecule has 0 aliphatic rings. The van der Waals surface area contributed by atoms with Crippen LogP contribution >= 0.6 is 0 Å². The van der Waals surface area contributed by atoms with E-state index in [4.69, 9.17) is 5.11 Å². The molecule has 8 heteroatoms. The van der Waals surface area contributed by atoms with Crippen LogP contribution in [0, 0.1) is 10.1 Å². The zero-order valence-electron chi connectivity index (χ0n) is 9.49. The molecular formula is C10H11NO6S. The zero-order chi connectivity index (χ0) is 13.9. The maximum absolute atomic E-state index is 11.5. The molecule has 1 aromatic rings. The number of carboxylic acid groups (broad SMARTS) is 1. The van der Waals surface area contributed by atoms with E-state index in [2.05, 4.69) is 0 Å². The molecule has 1 rings (SSSR count). The van der Waals surface area contributed by atoms with E-state index < -0.39 is 32.2 Å². The number of nitro benzene ring substituents is 1. The van der Waals surface area contributed by atoms with Gasteiger partial charge < -0.3 is 5.11 Å². The molecule has 0 heterocycles. The second kappa shape index (κ2) is 5.13. The van der Waals surface area contributed by atoms with Gasteiger partial charge in [0.15, 0.2) is 9.84 Å². The van der Waals surface area contributed by atoms with Gasteiger partial charge in [0.2, 0.25) is 0 Å². The Balaban J connectivity index is 3.33. The summed E-state index contributed by atoms with van der Waals surface area (Å²) in [5.41, 5.74) is -0.680. The Hall–Kier alpha value is -1.96. The Morgan fingerprint density at radius 3 is 2.50 bits per heavy atom. The lowest BCUT2D eigenvalue weighted by atomic mass is 10.1. The third-order valence-electron chi connectivity index (χ3n) is 2.34. The molecule has 1 N–H and O–H groups in total. The first kappa shape index (κ1) is 14.1. The van der Waals surface area contributed by atoms with Crippen molar-refractivity contribution in [2.45, 2.75) is 12.7 Å². The zero-order valence-corrected chi connectivity index (χ0v) is 10.3. The molecule has 0 aromatic heterocycles. The van der Waals surface area contributed by atoms with Crippen molar-refractivity contribution in [2.24, 2.45) is 0 Å². The monoisotopic (exact) mass is 273 g/mol. The van der Waals surface area contributed by atoms with E-state index in [1.165, 1.54) is 6.92 Å². The predicted molar refractivity (Wildman–Crippen MR) is 63.2 cm³/mol. The first-order valence-corrected chi connectivity index (χ1v) is 6.80. The SMILES string of the molecule is CCS(=O)(=O)Cc1cc(C(=O)O)ccc1[N+](=O)[O-]. The summed E-state index contributed by atoms with van der Waals surface area (Å²) in [6.45, 7) is 1.42. The van der Waals surface area contributed by atoms with Gasteiger partial charge in [-0.25, -0.2) is 13.2 Å². The predicted octanol–water partition coefficient (Wildman–Crippen LogP) is 1.23. The molecule has 0 amide bonds. The number of sulfone groups is 1. The summed E-state index contributed by atoms with van der Waals surface area (Å²) in [6.07, 6.45) is 0. The van der Waals surface area contributed by atoms with Gasteiger partial charge >= 0.3 is 5.97 Å². The molecule has 0 atom stereocenters. The third kappa shape index (κ3) is 3.27. The van der Waals surface area contributed by atoms with Crippen molar-refractivity contribution in [3.8, 4) is 0 Å². The molecule has 0 unspecified atom stereocenters. The van der Waals surface area contributed by atoms with E-state index in [0.29, 0.717) is 0 Å². The Morgan fingerprint density at radius 2 is 2.06 bits per heavy atom. The summed E-state index contributed by atoms with van der Waals surface area (Å²) in [6, 6.07) is 3.10.